The van der Waals surface area contributed by atoms with Crippen LogP contribution in [0.3, 0.4) is 0 Å². The molecular formula is C9H5Cl2NO. The number of hydrogen-bond donors (Lipinski definition) is 1. The van der Waals surface area contributed by atoms with E-state index in [-0.39, 0.29) is 10.9 Å². The van der Waals surface area contributed by atoms with E-state index in [9.17, 15) is 5.11 Å². The summed E-state index contributed by atoms with van der Waals surface area (Å²) >= 11 is 11.4. The van der Waals surface area contributed by atoms with E-state index in [1.807, 2.05) is 0 Å². The van der Waals surface area contributed by atoms with Gasteiger partial charge in [-0.2, -0.15) is 0 Å². The number of aromatic hydroxyl groups is 1. The maximum atomic E-state index is 9.27. The van der Waals surface area contributed by atoms with Crippen LogP contribution in [0.5, 0.6) is 5.75 Å². The quantitative estimate of drug-likeness (QED) is 0.682. The minimum absolute atomic E-state index is 0.0311. The molecule has 0 aliphatic heterocycles. The third-order valence-corrected chi connectivity index (χ3v) is 2.23. The molecule has 0 amide bonds. The summed E-state index contributed by atoms with van der Waals surface area (Å²) in [6.07, 6.45) is 0. The zero-order valence-corrected chi connectivity index (χ0v) is 7.97. The number of fused-ring (bicyclic) bond motifs is 1. The monoisotopic (exact) mass is 213 g/mol. The van der Waals surface area contributed by atoms with Crippen LogP contribution in [0.1, 0.15) is 0 Å². The summed E-state index contributed by atoms with van der Waals surface area (Å²) in [5, 5.41) is 10.8. The Bertz CT molecular complexity index is 470. The van der Waals surface area contributed by atoms with Crippen molar-refractivity contribution >= 4 is 34.1 Å². The summed E-state index contributed by atoms with van der Waals surface area (Å²) in [7, 11) is 0. The standard InChI is InChI=1S/C9H5Cl2NO/c10-6-1-2-7-5(3-6)4-8(13)9(11)12-7/h1-4,13H. The van der Waals surface area contributed by atoms with Gasteiger partial charge in [-0.25, -0.2) is 4.98 Å². The Kier molecular flexibility index (Phi) is 2.02. The van der Waals surface area contributed by atoms with Gasteiger partial charge in [0.05, 0.1) is 5.52 Å². The van der Waals surface area contributed by atoms with Crippen LogP contribution in [-0.2, 0) is 0 Å². The zero-order valence-electron chi connectivity index (χ0n) is 6.46. The number of halogens is 2. The van der Waals surface area contributed by atoms with Gasteiger partial charge >= 0.3 is 0 Å². The SMILES string of the molecule is Oc1cc2cc(Cl)ccc2nc1Cl. The van der Waals surface area contributed by atoms with Crippen LogP contribution in [0.2, 0.25) is 10.2 Å². The molecule has 2 nitrogen and oxygen atoms in total. The first-order valence-corrected chi connectivity index (χ1v) is 4.37. The highest BCUT2D eigenvalue weighted by Gasteiger charge is 2.02. The van der Waals surface area contributed by atoms with Crippen LogP contribution in [0.25, 0.3) is 10.9 Å². The smallest absolute Gasteiger partial charge is 0.171 e. The first kappa shape index (κ1) is 8.60. The lowest BCUT2D eigenvalue weighted by molar-refractivity contribution is 0.474. The molecular weight excluding hydrogens is 209 g/mol. The van der Waals surface area contributed by atoms with Gasteiger partial charge in [-0.1, -0.05) is 23.2 Å². The summed E-state index contributed by atoms with van der Waals surface area (Å²) in [5.74, 6) is -0.0311. The van der Waals surface area contributed by atoms with Crippen molar-refractivity contribution in [2.75, 3.05) is 0 Å². The lowest BCUT2D eigenvalue weighted by Gasteiger charge is -2.00. The number of benzene rings is 1. The predicted molar refractivity (Wildman–Crippen MR) is 53.4 cm³/mol. The topological polar surface area (TPSA) is 33.1 Å². The molecule has 1 N–H and O–H groups in total. The average Bonchev–Trinajstić information content (AvgIpc) is 2.08. The second-order valence-corrected chi connectivity index (χ2v) is 3.43. The Morgan fingerprint density at radius 2 is 1.92 bits per heavy atom. The second kappa shape index (κ2) is 3.05. The van der Waals surface area contributed by atoms with Crippen molar-refractivity contribution in [2.24, 2.45) is 0 Å². The number of hydrogen-bond acceptors (Lipinski definition) is 2. The van der Waals surface area contributed by atoms with E-state index in [1.165, 1.54) is 6.07 Å². The second-order valence-electron chi connectivity index (χ2n) is 2.64. The van der Waals surface area contributed by atoms with Crippen molar-refractivity contribution in [3.05, 3.63) is 34.4 Å². The van der Waals surface area contributed by atoms with Gasteiger partial charge in [-0.3, -0.25) is 0 Å². The molecule has 0 atom stereocenters. The van der Waals surface area contributed by atoms with Crippen LogP contribution in [0, 0.1) is 0 Å². The highest BCUT2D eigenvalue weighted by atomic mass is 35.5. The fourth-order valence-corrected chi connectivity index (χ4v) is 1.44. The molecule has 0 unspecified atom stereocenters. The van der Waals surface area contributed by atoms with E-state index < -0.39 is 0 Å². The third-order valence-electron chi connectivity index (χ3n) is 1.71. The van der Waals surface area contributed by atoms with Crippen molar-refractivity contribution < 1.29 is 5.11 Å². The summed E-state index contributed by atoms with van der Waals surface area (Å²) in [6.45, 7) is 0. The molecule has 0 saturated carbocycles. The number of rotatable bonds is 0. The summed E-state index contributed by atoms with van der Waals surface area (Å²) in [4.78, 5) is 3.97. The van der Waals surface area contributed by atoms with Crippen LogP contribution >= 0.6 is 23.2 Å². The molecule has 0 bridgehead atoms. The maximum absolute atomic E-state index is 9.27. The molecule has 0 fully saturated rings. The number of pyridine rings is 1. The van der Waals surface area contributed by atoms with Crippen molar-refractivity contribution in [3.8, 4) is 5.75 Å². The van der Waals surface area contributed by atoms with Crippen LogP contribution in [0.15, 0.2) is 24.3 Å². The van der Waals surface area contributed by atoms with Gasteiger partial charge in [0.25, 0.3) is 0 Å². The molecule has 2 aromatic rings. The van der Waals surface area contributed by atoms with E-state index in [4.69, 9.17) is 23.2 Å². The van der Waals surface area contributed by atoms with Crippen LogP contribution in [-0.4, -0.2) is 10.1 Å². The predicted octanol–water partition coefficient (Wildman–Crippen LogP) is 3.25. The minimum atomic E-state index is -0.0311. The lowest BCUT2D eigenvalue weighted by Crippen LogP contribution is -1.80. The molecule has 0 aliphatic carbocycles. The largest absolute Gasteiger partial charge is 0.505 e. The molecule has 0 aliphatic rings. The molecule has 4 heteroatoms. The van der Waals surface area contributed by atoms with E-state index in [0.29, 0.717) is 10.5 Å². The molecule has 0 radical (unpaired) electrons. The van der Waals surface area contributed by atoms with Crippen molar-refractivity contribution in [3.63, 3.8) is 0 Å². The molecule has 13 heavy (non-hydrogen) atoms. The summed E-state index contributed by atoms with van der Waals surface area (Å²) < 4.78 is 0. The van der Waals surface area contributed by atoms with Gasteiger partial charge in [-0.05, 0) is 24.3 Å². The van der Waals surface area contributed by atoms with E-state index in [1.54, 1.807) is 18.2 Å². The third kappa shape index (κ3) is 1.55. The van der Waals surface area contributed by atoms with Crippen molar-refractivity contribution in [1.82, 2.24) is 4.98 Å². The fourth-order valence-electron chi connectivity index (χ4n) is 1.11. The van der Waals surface area contributed by atoms with E-state index >= 15 is 0 Å². The highest BCUT2D eigenvalue weighted by molar-refractivity contribution is 6.32. The maximum Gasteiger partial charge on any atom is 0.171 e. The molecule has 1 aromatic heterocycles. The molecule has 2 rings (SSSR count). The van der Waals surface area contributed by atoms with Crippen LogP contribution in [0.4, 0.5) is 0 Å². The van der Waals surface area contributed by atoms with Gasteiger partial charge < -0.3 is 5.11 Å². The van der Waals surface area contributed by atoms with Crippen molar-refractivity contribution in [2.45, 2.75) is 0 Å². The molecule has 1 aromatic carbocycles. The van der Waals surface area contributed by atoms with Gasteiger partial charge in [0, 0.05) is 10.4 Å². The van der Waals surface area contributed by atoms with Crippen molar-refractivity contribution in [1.29, 1.82) is 0 Å². The lowest BCUT2D eigenvalue weighted by atomic mass is 10.2. The van der Waals surface area contributed by atoms with E-state index in [0.717, 1.165) is 5.39 Å². The summed E-state index contributed by atoms with van der Waals surface area (Å²) in [5.41, 5.74) is 0.715. The molecule has 0 saturated heterocycles. The summed E-state index contributed by atoms with van der Waals surface area (Å²) in [6, 6.07) is 6.74. The normalized spacial score (nSPS) is 10.6. The van der Waals surface area contributed by atoms with Gasteiger partial charge in [0.1, 0.15) is 0 Å². The van der Waals surface area contributed by atoms with E-state index in [2.05, 4.69) is 4.98 Å². The number of nitrogens with zero attached hydrogens (tertiary/aromatic N) is 1. The molecule has 0 spiro atoms. The van der Waals surface area contributed by atoms with Gasteiger partial charge in [-0.15, -0.1) is 0 Å². The molecule has 1 heterocycles. The average molecular weight is 214 g/mol. The first-order valence-electron chi connectivity index (χ1n) is 3.61. The number of aromatic nitrogens is 1. The Balaban J connectivity index is 2.81. The minimum Gasteiger partial charge on any atom is -0.505 e. The Labute approximate surface area is 84.7 Å². The molecule has 66 valence electrons. The Morgan fingerprint density at radius 3 is 2.69 bits per heavy atom. The first-order chi connectivity index (χ1) is 6.16. The zero-order chi connectivity index (χ0) is 9.42. The van der Waals surface area contributed by atoms with Crippen LogP contribution < -0.4 is 0 Å². The Morgan fingerprint density at radius 1 is 1.15 bits per heavy atom. The van der Waals surface area contributed by atoms with Gasteiger partial charge in [0.15, 0.2) is 10.9 Å². The Hall–Kier alpha value is -0.990. The highest BCUT2D eigenvalue weighted by Crippen LogP contribution is 2.27. The van der Waals surface area contributed by atoms with Gasteiger partial charge in [0.2, 0.25) is 0 Å². The fraction of sp³-hybridized carbons (Fsp3) is 0.